The minimum Gasteiger partial charge on any atom is -0.388 e. The van der Waals surface area contributed by atoms with E-state index < -0.39 is 29.1 Å². The first-order valence-corrected chi connectivity index (χ1v) is 5.98. The molecule has 0 unspecified atom stereocenters. The molecule has 1 amide bonds. The maximum absolute atomic E-state index is 12.3. The fourth-order valence-corrected chi connectivity index (χ4v) is 2.03. The van der Waals surface area contributed by atoms with Gasteiger partial charge in [0.15, 0.2) is 0 Å². The van der Waals surface area contributed by atoms with E-state index in [2.05, 4.69) is 0 Å². The average molecular weight is 269 g/mol. The van der Waals surface area contributed by atoms with E-state index in [4.69, 9.17) is 0 Å². The lowest BCUT2D eigenvalue weighted by molar-refractivity contribution is -0.178. The zero-order valence-electron chi connectivity index (χ0n) is 11.5. The predicted molar refractivity (Wildman–Crippen MR) is 63.0 cm³/mol. The summed E-state index contributed by atoms with van der Waals surface area (Å²) in [7, 11) is 0. The summed E-state index contributed by atoms with van der Waals surface area (Å²) in [5.74, 6) is -2.01. The van der Waals surface area contributed by atoms with Gasteiger partial charge in [-0.1, -0.05) is 34.6 Å². The number of alkyl halides is 3. The van der Waals surface area contributed by atoms with Gasteiger partial charge in [0.05, 0.1) is 11.6 Å². The molecule has 0 saturated carbocycles. The number of carbonyl (C=O) groups is 1. The number of hydrogen-bond donors (Lipinski definition) is 2. The SMILES string of the molecule is CCC(O)(CC)[C@@H](NC(=O)C(F)(F)F)C(C)(C)C. The monoisotopic (exact) mass is 269 g/mol. The molecule has 108 valence electrons. The average Bonchev–Trinajstić information content (AvgIpc) is 2.21. The van der Waals surface area contributed by atoms with Gasteiger partial charge in [-0.25, -0.2) is 0 Å². The highest BCUT2D eigenvalue weighted by Gasteiger charge is 2.47. The summed E-state index contributed by atoms with van der Waals surface area (Å²) in [4.78, 5) is 11.1. The number of aliphatic hydroxyl groups is 1. The summed E-state index contributed by atoms with van der Waals surface area (Å²) in [5, 5.41) is 12.3. The second-order valence-corrected chi connectivity index (χ2v) is 5.58. The van der Waals surface area contributed by atoms with Crippen molar-refractivity contribution in [2.45, 2.75) is 65.3 Å². The van der Waals surface area contributed by atoms with E-state index in [0.717, 1.165) is 0 Å². The largest absolute Gasteiger partial charge is 0.471 e. The van der Waals surface area contributed by atoms with Gasteiger partial charge in [-0.2, -0.15) is 13.2 Å². The molecule has 18 heavy (non-hydrogen) atoms. The van der Waals surface area contributed by atoms with E-state index in [9.17, 15) is 23.1 Å². The van der Waals surface area contributed by atoms with Crippen LogP contribution in [0.15, 0.2) is 0 Å². The van der Waals surface area contributed by atoms with Crippen molar-refractivity contribution in [3.63, 3.8) is 0 Å². The molecule has 3 nitrogen and oxygen atoms in total. The first-order chi connectivity index (χ1) is 7.88. The lowest BCUT2D eigenvalue weighted by Crippen LogP contribution is -2.60. The fraction of sp³-hybridized carbons (Fsp3) is 0.917. The third-order valence-electron chi connectivity index (χ3n) is 3.16. The van der Waals surface area contributed by atoms with E-state index in [0.29, 0.717) is 0 Å². The molecular weight excluding hydrogens is 247 g/mol. The summed E-state index contributed by atoms with van der Waals surface area (Å²) >= 11 is 0. The summed E-state index contributed by atoms with van der Waals surface area (Å²) in [5.41, 5.74) is -2.03. The highest BCUT2D eigenvalue weighted by Crippen LogP contribution is 2.33. The minimum atomic E-state index is -4.94. The highest BCUT2D eigenvalue weighted by atomic mass is 19.4. The minimum absolute atomic E-state index is 0.267. The Morgan fingerprint density at radius 3 is 1.78 bits per heavy atom. The van der Waals surface area contributed by atoms with Gasteiger partial charge in [0.25, 0.3) is 0 Å². The number of rotatable bonds is 4. The molecular formula is C12H22F3NO2. The predicted octanol–water partition coefficient (Wildman–Crippen LogP) is 2.63. The van der Waals surface area contributed by atoms with Crippen molar-refractivity contribution in [3.8, 4) is 0 Å². The van der Waals surface area contributed by atoms with Crippen molar-refractivity contribution >= 4 is 5.91 Å². The first kappa shape index (κ1) is 17.2. The Hall–Kier alpha value is -0.780. The van der Waals surface area contributed by atoms with Crippen LogP contribution in [0.1, 0.15) is 47.5 Å². The van der Waals surface area contributed by atoms with Crippen LogP contribution in [0.3, 0.4) is 0 Å². The van der Waals surface area contributed by atoms with Crippen molar-refractivity contribution < 1.29 is 23.1 Å². The van der Waals surface area contributed by atoms with Gasteiger partial charge in [0.1, 0.15) is 0 Å². The quantitative estimate of drug-likeness (QED) is 0.824. The highest BCUT2D eigenvalue weighted by molar-refractivity contribution is 5.82. The number of amides is 1. The molecule has 0 aliphatic heterocycles. The summed E-state index contributed by atoms with van der Waals surface area (Å²) in [6.45, 7) is 8.42. The lowest BCUT2D eigenvalue weighted by atomic mass is 9.73. The van der Waals surface area contributed by atoms with Crippen molar-refractivity contribution in [2.24, 2.45) is 5.41 Å². The van der Waals surface area contributed by atoms with Gasteiger partial charge in [-0.15, -0.1) is 0 Å². The van der Waals surface area contributed by atoms with Gasteiger partial charge in [0.2, 0.25) is 0 Å². The molecule has 0 bridgehead atoms. The Morgan fingerprint density at radius 2 is 1.56 bits per heavy atom. The van der Waals surface area contributed by atoms with E-state index in [1.54, 1.807) is 34.6 Å². The molecule has 0 aromatic heterocycles. The lowest BCUT2D eigenvalue weighted by Gasteiger charge is -2.43. The summed E-state index contributed by atoms with van der Waals surface area (Å²) in [6.07, 6.45) is -4.40. The Kier molecular flexibility index (Phi) is 5.23. The zero-order valence-corrected chi connectivity index (χ0v) is 11.5. The standard InChI is InChI=1S/C12H22F3NO2/c1-6-11(18,7-2)8(10(3,4)5)16-9(17)12(13,14)15/h8,18H,6-7H2,1-5H3,(H,16,17)/t8-/m0/s1. The number of carbonyl (C=O) groups excluding carboxylic acids is 1. The van der Waals surface area contributed by atoms with Crippen LogP contribution in [0, 0.1) is 5.41 Å². The van der Waals surface area contributed by atoms with Crippen molar-refractivity contribution in [3.05, 3.63) is 0 Å². The van der Waals surface area contributed by atoms with Gasteiger partial charge in [0, 0.05) is 0 Å². The molecule has 0 aliphatic carbocycles. The van der Waals surface area contributed by atoms with Gasteiger partial charge >= 0.3 is 12.1 Å². The normalized spacial score (nSPS) is 15.4. The Bertz CT molecular complexity index is 291. The molecule has 2 N–H and O–H groups in total. The van der Waals surface area contributed by atoms with E-state index in [-0.39, 0.29) is 12.8 Å². The van der Waals surface area contributed by atoms with Gasteiger partial charge < -0.3 is 10.4 Å². The Labute approximate surface area is 106 Å². The topological polar surface area (TPSA) is 49.3 Å². The molecule has 6 heteroatoms. The molecule has 0 fully saturated rings. The second-order valence-electron chi connectivity index (χ2n) is 5.58. The maximum atomic E-state index is 12.3. The molecule has 0 aliphatic rings. The van der Waals surface area contributed by atoms with Crippen molar-refractivity contribution in [1.29, 1.82) is 0 Å². The van der Waals surface area contributed by atoms with Gasteiger partial charge in [-0.3, -0.25) is 4.79 Å². The number of nitrogens with one attached hydrogen (secondary N) is 1. The molecule has 1 atom stereocenters. The van der Waals surface area contributed by atoms with Crippen LogP contribution in [0.4, 0.5) is 13.2 Å². The fourth-order valence-electron chi connectivity index (χ4n) is 2.03. The van der Waals surface area contributed by atoms with Crippen molar-refractivity contribution in [1.82, 2.24) is 5.32 Å². The third-order valence-corrected chi connectivity index (χ3v) is 3.16. The second kappa shape index (κ2) is 5.47. The van der Waals surface area contributed by atoms with Crippen LogP contribution in [0.25, 0.3) is 0 Å². The van der Waals surface area contributed by atoms with Crippen LogP contribution >= 0.6 is 0 Å². The van der Waals surface area contributed by atoms with Gasteiger partial charge in [-0.05, 0) is 18.3 Å². The summed E-state index contributed by atoms with van der Waals surface area (Å²) in [6, 6.07) is -0.964. The summed E-state index contributed by atoms with van der Waals surface area (Å²) < 4.78 is 36.9. The van der Waals surface area contributed by atoms with E-state index in [1.165, 1.54) is 0 Å². The molecule has 0 saturated heterocycles. The van der Waals surface area contributed by atoms with Crippen molar-refractivity contribution in [2.75, 3.05) is 0 Å². The Balaban J connectivity index is 5.23. The molecule has 0 spiro atoms. The smallest absolute Gasteiger partial charge is 0.388 e. The number of halogens is 3. The number of hydrogen-bond acceptors (Lipinski definition) is 2. The van der Waals surface area contributed by atoms with E-state index in [1.807, 2.05) is 5.32 Å². The van der Waals surface area contributed by atoms with Crippen LogP contribution < -0.4 is 5.32 Å². The van der Waals surface area contributed by atoms with Crippen LogP contribution in [-0.4, -0.2) is 28.8 Å². The zero-order chi connectivity index (χ0) is 14.8. The van der Waals surface area contributed by atoms with Crippen LogP contribution in [-0.2, 0) is 4.79 Å². The van der Waals surface area contributed by atoms with E-state index >= 15 is 0 Å². The molecule has 0 aromatic carbocycles. The van der Waals surface area contributed by atoms with Crippen LogP contribution in [0.5, 0.6) is 0 Å². The Morgan fingerprint density at radius 1 is 1.17 bits per heavy atom. The first-order valence-electron chi connectivity index (χ1n) is 5.98. The molecule has 0 radical (unpaired) electrons. The molecule has 0 rings (SSSR count). The molecule has 0 heterocycles. The third kappa shape index (κ3) is 4.15. The molecule has 0 aromatic rings. The maximum Gasteiger partial charge on any atom is 0.471 e. The van der Waals surface area contributed by atoms with Crippen LogP contribution in [0.2, 0.25) is 0 Å².